The summed E-state index contributed by atoms with van der Waals surface area (Å²) in [6, 6.07) is 8.46. The quantitative estimate of drug-likeness (QED) is 0.372. The third kappa shape index (κ3) is 5.57. The van der Waals surface area contributed by atoms with Crippen molar-refractivity contribution in [3.05, 3.63) is 63.7 Å². The van der Waals surface area contributed by atoms with Crippen LogP contribution in [0.4, 0.5) is 17.1 Å². The summed E-state index contributed by atoms with van der Waals surface area (Å²) in [5.74, 6) is -1.22. The number of anilines is 2. The molecule has 0 aliphatic carbocycles. The van der Waals surface area contributed by atoms with Gasteiger partial charge >= 0.3 is 5.97 Å². The molecule has 2 aromatic carbocycles. The lowest BCUT2D eigenvalue weighted by atomic mass is 10.1. The van der Waals surface area contributed by atoms with Crippen LogP contribution in [0.15, 0.2) is 42.5 Å². The second kappa shape index (κ2) is 9.56. The van der Waals surface area contributed by atoms with E-state index in [2.05, 4.69) is 5.32 Å². The number of sulfonamides is 1. The third-order valence-electron chi connectivity index (χ3n) is 4.47. The van der Waals surface area contributed by atoms with Crippen molar-refractivity contribution >= 4 is 39.0 Å². The normalized spacial score (nSPS) is 12.0. The second-order valence-electron chi connectivity index (χ2n) is 6.70. The fraction of sp³-hybridized carbons (Fsp3) is 0.300. The highest BCUT2D eigenvalue weighted by atomic mass is 32.2. The van der Waals surface area contributed by atoms with Crippen LogP contribution in [0, 0.1) is 17.0 Å². The van der Waals surface area contributed by atoms with Crippen molar-refractivity contribution < 1.29 is 27.7 Å². The van der Waals surface area contributed by atoms with Crippen LogP contribution in [-0.4, -0.2) is 44.1 Å². The summed E-state index contributed by atoms with van der Waals surface area (Å²) in [5, 5.41) is 13.7. The van der Waals surface area contributed by atoms with Crippen LogP contribution in [0.25, 0.3) is 0 Å². The van der Waals surface area contributed by atoms with Gasteiger partial charge in [0, 0.05) is 17.8 Å². The summed E-state index contributed by atoms with van der Waals surface area (Å²) in [6.45, 7) is 4.85. The molecule has 0 heterocycles. The number of hydrogen-bond acceptors (Lipinski definition) is 7. The Kier molecular flexibility index (Phi) is 7.34. The van der Waals surface area contributed by atoms with Gasteiger partial charge in [-0.25, -0.2) is 13.2 Å². The van der Waals surface area contributed by atoms with E-state index in [1.807, 2.05) is 0 Å². The van der Waals surface area contributed by atoms with Crippen LogP contribution in [0.2, 0.25) is 0 Å². The van der Waals surface area contributed by atoms with E-state index in [0.29, 0.717) is 11.3 Å². The number of carbonyl (C=O) groups excluding carboxylic acids is 2. The Morgan fingerprint density at radius 3 is 2.45 bits per heavy atom. The molecule has 0 aliphatic rings. The second-order valence-corrected chi connectivity index (χ2v) is 8.56. The van der Waals surface area contributed by atoms with Gasteiger partial charge in [0.05, 0.1) is 29.0 Å². The number of hydrogen-bond donors (Lipinski definition) is 1. The molecule has 0 aliphatic heterocycles. The van der Waals surface area contributed by atoms with E-state index in [0.717, 1.165) is 16.6 Å². The topological polar surface area (TPSA) is 136 Å². The van der Waals surface area contributed by atoms with E-state index in [1.165, 1.54) is 25.1 Å². The standard InChI is InChI=1S/C20H23N3O7S/c1-5-30-20(25)17-10-7-11-18(13(17)2)21-19(24)14(3)22(31(4,28)29)15-8-6-9-16(12-15)23(26)27/h6-12,14H,5H2,1-4H3,(H,21,24). The van der Waals surface area contributed by atoms with E-state index in [4.69, 9.17) is 4.74 Å². The van der Waals surface area contributed by atoms with E-state index in [1.54, 1.807) is 32.0 Å². The lowest BCUT2D eigenvalue weighted by Crippen LogP contribution is -2.45. The highest BCUT2D eigenvalue weighted by molar-refractivity contribution is 7.92. The number of esters is 1. The van der Waals surface area contributed by atoms with Crippen molar-refractivity contribution in [2.75, 3.05) is 22.5 Å². The van der Waals surface area contributed by atoms with Crippen LogP contribution < -0.4 is 9.62 Å². The fourth-order valence-electron chi connectivity index (χ4n) is 2.99. The van der Waals surface area contributed by atoms with Gasteiger partial charge in [-0.2, -0.15) is 0 Å². The number of amides is 1. The Morgan fingerprint density at radius 1 is 1.23 bits per heavy atom. The zero-order chi connectivity index (χ0) is 23.3. The lowest BCUT2D eigenvalue weighted by Gasteiger charge is -2.28. The number of nitrogens with zero attached hydrogens (tertiary/aromatic N) is 2. The molecule has 10 nitrogen and oxygen atoms in total. The summed E-state index contributed by atoms with van der Waals surface area (Å²) in [4.78, 5) is 35.4. The molecule has 0 aromatic heterocycles. The zero-order valence-electron chi connectivity index (χ0n) is 17.5. The van der Waals surface area contributed by atoms with Crippen molar-refractivity contribution in [1.29, 1.82) is 0 Å². The summed E-state index contributed by atoms with van der Waals surface area (Å²) in [6.07, 6.45) is 0.905. The number of nitrogens with one attached hydrogen (secondary N) is 1. The minimum absolute atomic E-state index is 0.0173. The van der Waals surface area contributed by atoms with Crippen LogP contribution in [0.5, 0.6) is 0 Å². The number of non-ortho nitro benzene ring substituents is 1. The molecule has 0 saturated heterocycles. The molecule has 1 atom stereocenters. The van der Waals surface area contributed by atoms with Gasteiger partial charge in [0.2, 0.25) is 15.9 Å². The molecule has 31 heavy (non-hydrogen) atoms. The van der Waals surface area contributed by atoms with Crippen LogP contribution in [-0.2, 0) is 19.6 Å². The number of rotatable bonds is 8. The molecule has 0 saturated carbocycles. The summed E-state index contributed by atoms with van der Waals surface area (Å²) in [7, 11) is -3.96. The Morgan fingerprint density at radius 2 is 1.87 bits per heavy atom. The van der Waals surface area contributed by atoms with Gasteiger partial charge in [-0.3, -0.25) is 19.2 Å². The van der Waals surface area contributed by atoms with Crippen molar-refractivity contribution in [2.45, 2.75) is 26.8 Å². The van der Waals surface area contributed by atoms with Crippen LogP contribution in [0.1, 0.15) is 29.8 Å². The molecule has 1 amide bonds. The third-order valence-corrected chi connectivity index (χ3v) is 5.71. The van der Waals surface area contributed by atoms with E-state index in [-0.39, 0.29) is 23.5 Å². The van der Waals surface area contributed by atoms with Crippen LogP contribution in [0.3, 0.4) is 0 Å². The first-order valence-electron chi connectivity index (χ1n) is 9.28. The van der Waals surface area contributed by atoms with Gasteiger partial charge in [0.1, 0.15) is 6.04 Å². The fourth-order valence-corrected chi connectivity index (χ4v) is 4.16. The SMILES string of the molecule is CCOC(=O)c1cccc(NC(=O)C(C)N(c2cccc([N+](=O)[O-])c2)S(C)(=O)=O)c1C. The molecular formula is C20H23N3O7S. The number of nitro groups is 1. The first-order valence-corrected chi connectivity index (χ1v) is 11.1. The highest BCUT2D eigenvalue weighted by Gasteiger charge is 2.30. The molecule has 1 N–H and O–H groups in total. The van der Waals surface area contributed by atoms with Gasteiger partial charge in [-0.1, -0.05) is 12.1 Å². The number of nitro benzene ring substituents is 1. The monoisotopic (exact) mass is 449 g/mol. The van der Waals surface area contributed by atoms with Crippen molar-refractivity contribution in [3.63, 3.8) is 0 Å². The van der Waals surface area contributed by atoms with Crippen molar-refractivity contribution in [3.8, 4) is 0 Å². The number of ether oxygens (including phenoxy) is 1. The Hall–Kier alpha value is -3.47. The van der Waals surface area contributed by atoms with Gasteiger partial charge in [-0.05, 0) is 44.5 Å². The maximum Gasteiger partial charge on any atom is 0.338 e. The molecule has 0 spiro atoms. The average molecular weight is 449 g/mol. The molecular weight excluding hydrogens is 426 g/mol. The Bertz CT molecular complexity index is 1120. The maximum atomic E-state index is 12.9. The molecule has 0 bridgehead atoms. The summed E-state index contributed by atoms with van der Waals surface area (Å²) in [5.41, 5.74) is 0.719. The highest BCUT2D eigenvalue weighted by Crippen LogP contribution is 2.26. The zero-order valence-corrected chi connectivity index (χ0v) is 18.3. The molecule has 2 rings (SSSR count). The van der Waals surface area contributed by atoms with Crippen molar-refractivity contribution in [2.24, 2.45) is 0 Å². The minimum Gasteiger partial charge on any atom is -0.462 e. The molecule has 0 fully saturated rings. The Labute approximate surface area is 180 Å². The number of carbonyl (C=O) groups is 2. The lowest BCUT2D eigenvalue weighted by molar-refractivity contribution is -0.384. The van der Waals surface area contributed by atoms with Crippen LogP contribution >= 0.6 is 0 Å². The van der Waals surface area contributed by atoms with E-state index in [9.17, 15) is 28.1 Å². The van der Waals surface area contributed by atoms with E-state index >= 15 is 0 Å². The van der Waals surface area contributed by atoms with Gasteiger partial charge in [-0.15, -0.1) is 0 Å². The van der Waals surface area contributed by atoms with Gasteiger partial charge < -0.3 is 10.1 Å². The molecule has 166 valence electrons. The first-order chi connectivity index (χ1) is 14.5. The molecule has 11 heteroatoms. The molecule has 1 unspecified atom stereocenters. The largest absolute Gasteiger partial charge is 0.462 e. The van der Waals surface area contributed by atoms with E-state index < -0.39 is 32.9 Å². The predicted molar refractivity (Wildman–Crippen MR) is 116 cm³/mol. The summed E-state index contributed by atoms with van der Waals surface area (Å²) >= 11 is 0. The number of benzene rings is 2. The Balaban J connectivity index is 2.38. The van der Waals surface area contributed by atoms with Crippen molar-refractivity contribution in [1.82, 2.24) is 0 Å². The summed E-state index contributed by atoms with van der Waals surface area (Å²) < 4.78 is 30.6. The smallest absolute Gasteiger partial charge is 0.338 e. The predicted octanol–water partition coefficient (Wildman–Crippen LogP) is 2.87. The molecule has 2 aromatic rings. The average Bonchev–Trinajstić information content (AvgIpc) is 2.68. The van der Waals surface area contributed by atoms with Gasteiger partial charge in [0.15, 0.2) is 0 Å². The first kappa shape index (κ1) is 23.8. The minimum atomic E-state index is -3.96. The maximum absolute atomic E-state index is 12.9. The molecule has 0 radical (unpaired) electrons. The van der Waals surface area contributed by atoms with Gasteiger partial charge in [0.25, 0.3) is 5.69 Å².